The molecule has 6 heterocycles. The summed E-state index contributed by atoms with van der Waals surface area (Å²) in [5, 5.41) is 0. The van der Waals surface area contributed by atoms with Gasteiger partial charge >= 0.3 is 0 Å². The number of nitrogens with zero attached hydrogens (tertiary/aromatic N) is 4. The van der Waals surface area contributed by atoms with Crippen molar-refractivity contribution in [2.45, 2.75) is 103 Å². The summed E-state index contributed by atoms with van der Waals surface area (Å²) in [5.74, 6) is 3.05. The van der Waals surface area contributed by atoms with Crippen LogP contribution in [0, 0.1) is 0 Å². The van der Waals surface area contributed by atoms with Crippen LogP contribution < -0.4 is 52.1 Å². The molecule has 4 aliphatic heterocycles. The van der Waals surface area contributed by atoms with E-state index in [9.17, 15) is 0 Å². The Morgan fingerprint density at radius 3 is 1.27 bits per heavy atom. The quantitative estimate of drug-likeness (QED) is 0.162. The average Bonchev–Trinajstić information content (AvgIpc) is 3.28. The van der Waals surface area contributed by atoms with E-state index in [0.717, 1.165) is 68.9 Å². The molecule has 0 saturated heterocycles. The number of benzene rings is 5. The molecule has 0 atom stereocenters. The fourth-order valence-electron chi connectivity index (χ4n) is 12.5. The van der Waals surface area contributed by atoms with Gasteiger partial charge in [-0.2, -0.15) is 0 Å². The normalized spacial score (nSPS) is 19.0. The number of pyridine rings is 2. The summed E-state index contributed by atoms with van der Waals surface area (Å²) >= 11 is 0. The molecule has 6 nitrogen and oxygen atoms in total. The highest BCUT2D eigenvalue weighted by Gasteiger charge is 2.48. The molecule has 0 radical (unpaired) electrons. The third-order valence-electron chi connectivity index (χ3n) is 16.3. The molecule has 0 bridgehead atoms. The molecule has 2 aliphatic carbocycles. The van der Waals surface area contributed by atoms with Crippen LogP contribution in [0.25, 0.3) is 0 Å². The Bertz CT molecular complexity index is 2980. The van der Waals surface area contributed by atoms with E-state index in [2.05, 4.69) is 174 Å². The van der Waals surface area contributed by atoms with Crippen LogP contribution in [0.3, 0.4) is 0 Å². The molecule has 6 aliphatic rings. The summed E-state index contributed by atoms with van der Waals surface area (Å²) in [6.07, 6.45) is 8.47. The number of aromatic nitrogens is 2. The van der Waals surface area contributed by atoms with Gasteiger partial charge in [-0.1, -0.05) is 110 Å². The Morgan fingerprint density at radius 1 is 0.422 bits per heavy atom. The van der Waals surface area contributed by atoms with Gasteiger partial charge in [-0.25, -0.2) is 9.97 Å². The topological polar surface area (TPSA) is 50.7 Å². The number of hydrogen-bond acceptors (Lipinski definition) is 6. The molecular formula is C56H52B2N4O2. The third-order valence-corrected chi connectivity index (χ3v) is 16.3. The molecule has 0 amide bonds. The Hall–Kier alpha value is -6.27. The Kier molecular flexibility index (Phi) is 7.59. The first-order valence-electron chi connectivity index (χ1n) is 23.3. The molecule has 13 rings (SSSR count). The number of fused-ring (bicyclic) bond motifs is 10. The van der Waals surface area contributed by atoms with Crippen molar-refractivity contribution in [2.75, 3.05) is 9.80 Å². The zero-order chi connectivity index (χ0) is 43.7. The second-order valence-corrected chi connectivity index (χ2v) is 21.9. The van der Waals surface area contributed by atoms with Crippen LogP contribution in [-0.4, -0.2) is 23.4 Å². The molecule has 0 saturated carbocycles. The minimum absolute atomic E-state index is 0.0368. The standard InChI is InChI=1S/C56H52B2N4O2/c1-53(2)23-25-55(5,6)37-29-33(17-19-35(37)53)61-43-21-27-59-51-49(43)57(39-13-9-11-15-47(39)63-51)41-31-42-46(32-45(41)61)62(34-18-20-36-38(30-34)56(7,8)26-24-54(36,3)4)44-22-28-60-52-50(44)58(42)40-14-10-12-16-48(40)64-52/h9-22,27-32H,23-26H2,1-8H3. The van der Waals surface area contributed by atoms with Gasteiger partial charge in [-0.3, -0.25) is 0 Å². The molecule has 0 N–H and O–H groups in total. The van der Waals surface area contributed by atoms with Gasteiger partial charge in [0.25, 0.3) is 13.4 Å². The maximum Gasteiger partial charge on any atom is 0.258 e. The zero-order valence-electron chi connectivity index (χ0n) is 38.1. The number of anilines is 6. The first-order valence-corrected chi connectivity index (χ1v) is 23.3. The van der Waals surface area contributed by atoms with Crippen molar-refractivity contribution in [1.82, 2.24) is 9.97 Å². The first-order chi connectivity index (χ1) is 30.7. The maximum atomic E-state index is 6.73. The predicted molar refractivity (Wildman–Crippen MR) is 264 cm³/mol. The summed E-state index contributed by atoms with van der Waals surface area (Å²) in [6.45, 7) is 19.1. The number of hydrogen-bond donors (Lipinski definition) is 0. The van der Waals surface area contributed by atoms with Crippen LogP contribution in [0.1, 0.15) is 103 Å². The Balaban J connectivity index is 1.13. The van der Waals surface area contributed by atoms with E-state index in [1.807, 2.05) is 12.4 Å². The van der Waals surface area contributed by atoms with Crippen molar-refractivity contribution in [3.63, 3.8) is 0 Å². The van der Waals surface area contributed by atoms with E-state index in [4.69, 9.17) is 19.4 Å². The molecule has 7 aromatic rings. The van der Waals surface area contributed by atoms with Crippen molar-refractivity contribution in [3.8, 4) is 23.3 Å². The number of para-hydroxylation sites is 2. The summed E-state index contributed by atoms with van der Waals surface area (Å²) in [4.78, 5) is 14.9. The van der Waals surface area contributed by atoms with Gasteiger partial charge < -0.3 is 19.3 Å². The molecule has 0 spiro atoms. The van der Waals surface area contributed by atoms with Crippen LogP contribution in [0.2, 0.25) is 0 Å². The molecule has 2 aromatic heterocycles. The molecule has 8 heteroatoms. The fourth-order valence-corrected chi connectivity index (χ4v) is 12.5. The third kappa shape index (κ3) is 5.17. The fraction of sp³-hybridized carbons (Fsp3) is 0.286. The maximum absolute atomic E-state index is 6.73. The lowest BCUT2D eigenvalue weighted by atomic mass is 9.31. The van der Waals surface area contributed by atoms with Crippen molar-refractivity contribution in [2.24, 2.45) is 0 Å². The van der Waals surface area contributed by atoms with E-state index >= 15 is 0 Å². The van der Waals surface area contributed by atoms with Gasteiger partial charge in [-0.05, 0) is 146 Å². The van der Waals surface area contributed by atoms with E-state index in [0.29, 0.717) is 11.8 Å². The van der Waals surface area contributed by atoms with Crippen LogP contribution in [0.15, 0.2) is 122 Å². The van der Waals surface area contributed by atoms with Crippen molar-refractivity contribution >= 4 is 80.3 Å². The Morgan fingerprint density at radius 2 is 0.828 bits per heavy atom. The summed E-state index contributed by atoms with van der Waals surface area (Å²) < 4.78 is 13.5. The largest absolute Gasteiger partial charge is 0.440 e. The lowest BCUT2D eigenvalue weighted by Crippen LogP contribution is -2.64. The molecule has 64 heavy (non-hydrogen) atoms. The lowest BCUT2D eigenvalue weighted by Gasteiger charge is -2.45. The highest BCUT2D eigenvalue weighted by atomic mass is 16.5. The van der Waals surface area contributed by atoms with Crippen molar-refractivity contribution < 1.29 is 9.47 Å². The van der Waals surface area contributed by atoms with Crippen molar-refractivity contribution in [3.05, 3.63) is 144 Å². The SMILES string of the molecule is CC1(C)CCC(C)(C)c2cc(N3c4cc5c(cc4B4c6ccccc6Oc6nccc3c64)B3c4ccccc4Oc4nccc(c43)N5c3ccc4c(c3)C(C)(C)CCC4(C)C)ccc21. The van der Waals surface area contributed by atoms with Crippen LogP contribution in [0.4, 0.5) is 34.1 Å². The van der Waals surface area contributed by atoms with Gasteiger partial charge in [0.1, 0.15) is 11.5 Å². The predicted octanol–water partition coefficient (Wildman–Crippen LogP) is 9.98. The zero-order valence-corrected chi connectivity index (χ0v) is 38.1. The lowest BCUT2D eigenvalue weighted by molar-refractivity contribution is 0.332. The average molecular weight is 835 g/mol. The Labute approximate surface area is 377 Å². The molecule has 0 unspecified atom stereocenters. The second-order valence-electron chi connectivity index (χ2n) is 21.9. The van der Waals surface area contributed by atoms with Crippen molar-refractivity contribution in [1.29, 1.82) is 0 Å². The summed E-state index contributed by atoms with van der Waals surface area (Å²) in [7, 11) is 0. The second kappa shape index (κ2) is 12.7. The number of ether oxygens (including phenoxy) is 2. The van der Waals surface area contributed by atoms with Gasteiger partial charge in [0.15, 0.2) is 0 Å². The van der Waals surface area contributed by atoms with Gasteiger partial charge in [-0.15, -0.1) is 0 Å². The van der Waals surface area contributed by atoms with Crippen LogP contribution >= 0.6 is 0 Å². The molecular weight excluding hydrogens is 782 g/mol. The first kappa shape index (κ1) is 38.2. The highest BCUT2D eigenvalue weighted by Crippen LogP contribution is 2.52. The molecule has 5 aromatic carbocycles. The molecule has 314 valence electrons. The van der Waals surface area contributed by atoms with Crippen LogP contribution in [0.5, 0.6) is 23.3 Å². The van der Waals surface area contributed by atoms with Crippen LogP contribution in [-0.2, 0) is 21.7 Å². The minimum Gasteiger partial charge on any atom is -0.440 e. The van der Waals surface area contributed by atoms with E-state index < -0.39 is 0 Å². The smallest absolute Gasteiger partial charge is 0.258 e. The number of rotatable bonds is 2. The van der Waals surface area contributed by atoms with E-state index in [-0.39, 0.29) is 35.1 Å². The summed E-state index contributed by atoms with van der Waals surface area (Å²) in [6, 6.07) is 41.1. The monoisotopic (exact) mass is 834 g/mol. The van der Waals surface area contributed by atoms with Gasteiger partial charge in [0.05, 0.1) is 0 Å². The van der Waals surface area contributed by atoms with Gasteiger partial charge in [0.2, 0.25) is 11.8 Å². The molecule has 0 fully saturated rings. The van der Waals surface area contributed by atoms with E-state index in [1.54, 1.807) is 0 Å². The summed E-state index contributed by atoms with van der Waals surface area (Å²) in [5.41, 5.74) is 19.9. The van der Waals surface area contributed by atoms with Gasteiger partial charge in [0, 0.05) is 57.4 Å². The van der Waals surface area contributed by atoms with E-state index in [1.165, 1.54) is 57.4 Å². The minimum atomic E-state index is -0.0988. The highest BCUT2D eigenvalue weighted by molar-refractivity contribution is 7.02.